The van der Waals surface area contributed by atoms with Crippen LogP contribution >= 0.6 is 11.6 Å². The van der Waals surface area contributed by atoms with E-state index in [1.165, 1.54) is 25.7 Å². The molecule has 1 aliphatic carbocycles. The van der Waals surface area contributed by atoms with E-state index in [0.717, 1.165) is 17.7 Å². The van der Waals surface area contributed by atoms with Crippen molar-refractivity contribution in [3.63, 3.8) is 0 Å². The highest BCUT2D eigenvalue weighted by Crippen LogP contribution is 2.30. The molecule has 1 fully saturated rings. The molecule has 1 N–H and O–H groups in total. The van der Waals surface area contributed by atoms with Crippen LogP contribution in [0.4, 0.5) is 0 Å². The van der Waals surface area contributed by atoms with E-state index >= 15 is 0 Å². The molecule has 19 heavy (non-hydrogen) atoms. The third-order valence-electron chi connectivity index (χ3n) is 4.07. The van der Waals surface area contributed by atoms with Crippen LogP contribution in [0.5, 0.6) is 0 Å². The molecule has 2 atom stereocenters. The van der Waals surface area contributed by atoms with Gasteiger partial charge < -0.3 is 5.32 Å². The summed E-state index contributed by atoms with van der Waals surface area (Å²) < 4.78 is 0. The van der Waals surface area contributed by atoms with Gasteiger partial charge in [-0.2, -0.15) is 0 Å². The van der Waals surface area contributed by atoms with Gasteiger partial charge in [-0.1, -0.05) is 30.5 Å². The van der Waals surface area contributed by atoms with Gasteiger partial charge in [0.05, 0.1) is 0 Å². The molecule has 1 saturated carbocycles. The maximum Gasteiger partial charge on any atom is 0.251 e. The van der Waals surface area contributed by atoms with Crippen LogP contribution in [-0.4, -0.2) is 18.3 Å². The maximum absolute atomic E-state index is 12.1. The number of hydrogen-bond donors (Lipinski definition) is 1. The van der Waals surface area contributed by atoms with Crippen molar-refractivity contribution in [2.24, 2.45) is 11.8 Å². The first kappa shape index (κ1) is 14.4. The van der Waals surface area contributed by atoms with Crippen LogP contribution in [0.2, 0.25) is 0 Å². The van der Waals surface area contributed by atoms with Crippen molar-refractivity contribution in [2.75, 3.05) is 12.4 Å². The largest absolute Gasteiger partial charge is 0.352 e. The molecule has 104 valence electrons. The van der Waals surface area contributed by atoms with Crippen LogP contribution in [-0.2, 0) is 0 Å². The van der Waals surface area contributed by atoms with E-state index in [4.69, 9.17) is 11.6 Å². The lowest BCUT2D eigenvalue weighted by molar-refractivity contribution is 0.0936. The summed E-state index contributed by atoms with van der Waals surface area (Å²) in [5.74, 6) is 1.85. The van der Waals surface area contributed by atoms with E-state index in [0.29, 0.717) is 17.7 Å². The van der Waals surface area contributed by atoms with Crippen LogP contribution < -0.4 is 5.32 Å². The molecule has 0 radical (unpaired) electrons. The number of carbonyl (C=O) groups excluding carboxylic acids is 1. The third-order valence-corrected chi connectivity index (χ3v) is 4.47. The standard InChI is InChI=1S/C16H22ClNO/c1-12-5-4-8-13(9-12)16(19)18-11-15-7-3-2-6-14(15)10-17/h4-5,8-9,14-15H,2-3,6-7,10-11H2,1H3,(H,18,19). The highest BCUT2D eigenvalue weighted by Gasteiger charge is 2.24. The lowest BCUT2D eigenvalue weighted by atomic mass is 9.80. The van der Waals surface area contributed by atoms with Gasteiger partial charge in [-0.05, 0) is 43.7 Å². The molecule has 0 aliphatic heterocycles. The van der Waals surface area contributed by atoms with Crippen LogP contribution in [0, 0.1) is 18.8 Å². The van der Waals surface area contributed by atoms with Crippen molar-refractivity contribution >= 4 is 17.5 Å². The molecule has 3 heteroatoms. The zero-order chi connectivity index (χ0) is 13.7. The van der Waals surface area contributed by atoms with Crippen molar-refractivity contribution in [2.45, 2.75) is 32.6 Å². The van der Waals surface area contributed by atoms with Gasteiger partial charge in [0.25, 0.3) is 5.91 Å². The number of alkyl halides is 1. The Balaban J connectivity index is 1.89. The Labute approximate surface area is 120 Å². The first-order chi connectivity index (χ1) is 9.20. The number of nitrogens with one attached hydrogen (secondary N) is 1. The maximum atomic E-state index is 12.1. The fourth-order valence-corrected chi connectivity index (χ4v) is 3.27. The summed E-state index contributed by atoms with van der Waals surface area (Å²) >= 11 is 6.02. The normalized spacial score (nSPS) is 23.1. The SMILES string of the molecule is Cc1cccc(C(=O)NCC2CCCCC2CCl)c1. The predicted molar refractivity (Wildman–Crippen MR) is 79.7 cm³/mol. The van der Waals surface area contributed by atoms with Crippen molar-refractivity contribution < 1.29 is 4.79 Å². The number of rotatable bonds is 4. The first-order valence-electron chi connectivity index (χ1n) is 7.11. The quantitative estimate of drug-likeness (QED) is 0.835. The molecule has 2 nitrogen and oxygen atoms in total. The minimum Gasteiger partial charge on any atom is -0.352 e. The number of amides is 1. The van der Waals surface area contributed by atoms with E-state index in [-0.39, 0.29) is 5.91 Å². The van der Waals surface area contributed by atoms with E-state index < -0.39 is 0 Å². The summed E-state index contributed by atoms with van der Waals surface area (Å²) in [6, 6.07) is 7.71. The summed E-state index contributed by atoms with van der Waals surface area (Å²) in [5, 5.41) is 3.06. The summed E-state index contributed by atoms with van der Waals surface area (Å²) in [4.78, 5) is 12.1. The van der Waals surface area contributed by atoms with E-state index in [2.05, 4.69) is 5.32 Å². The molecule has 0 aromatic heterocycles. The average molecular weight is 280 g/mol. The fourth-order valence-electron chi connectivity index (χ4n) is 2.87. The Morgan fingerprint density at radius 2 is 2.05 bits per heavy atom. The van der Waals surface area contributed by atoms with Gasteiger partial charge in [-0.3, -0.25) is 4.79 Å². The zero-order valence-electron chi connectivity index (χ0n) is 11.5. The second-order valence-corrected chi connectivity index (χ2v) is 5.85. The van der Waals surface area contributed by atoms with Gasteiger partial charge in [-0.15, -0.1) is 11.6 Å². The Bertz CT molecular complexity index is 433. The number of carbonyl (C=O) groups is 1. The Morgan fingerprint density at radius 3 is 2.74 bits per heavy atom. The molecule has 1 aliphatic rings. The molecule has 0 saturated heterocycles. The highest BCUT2D eigenvalue weighted by molar-refractivity contribution is 6.18. The van der Waals surface area contributed by atoms with E-state index in [1.807, 2.05) is 31.2 Å². The topological polar surface area (TPSA) is 29.1 Å². The number of halogens is 1. The van der Waals surface area contributed by atoms with Crippen LogP contribution in [0.3, 0.4) is 0 Å². The Hall–Kier alpha value is -1.02. The van der Waals surface area contributed by atoms with Gasteiger partial charge in [0.2, 0.25) is 0 Å². The smallest absolute Gasteiger partial charge is 0.251 e. The molecule has 1 amide bonds. The van der Waals surface area contributed by atoms with Gasteiger partial charge in [-0.25, -0.2) is 0 Å². The molecular weight excluding hydrogens is 258 g/mol. The van der Waals surface area contributed by atoms with Crippen molar-refractivity contribution in [1.82, 2.24) is 5.32 Å². The lowest BCUT2D eigenvalue weighted by Gasteiger charge is -2.30. The summed E-state index contributed by atoms with van der Waals surface area (Å²) in [7, 11) is 0. The third kappa shape index (κ3) is 3.97. The molecule has 2 rings (SSSR count). The number of aryl methyl sites for hydroxylation is 1. The number of hydrogen-bond acceptors (Lipinski definition) is 1. The first-order valence-corrected chi connectivity index (χ1v) is 7.65. The second kappa shape index (κ2) is 6.95. The summed E-state index contributed by atoms with van der Waals surface area (Å²) in [6.07, 6.45) is 4.93. The Morgan fingerprint density at radius 1 is 1.32 bits per heavy atom. The average Bonchev–Trinajstić information content (AvgIpc) is 2.45. The minimum absolute atomic E-state index is 0.0302. The van der Waals surface area contributed by atoms with Crippen molar-refractivity contribution in [1.29, 1.82) is 0 Å². The molecule has 1 aromatic rings. The monoisotopic (exact) mass is 279 g/mol. The minimum atomic E-state index is 0.0302. The van der Waals surface area contributed by atoms with Crippen LogP contribution in [0.15, 0.2) is 24.3 Å². The Kier molecular flexibility index (Phi) is 5.26. The lowest BCUT2D eigenvalue weighted by Crippen LogP contribution is -2.34. The summed E-state index contributed by atoms with van der Waals surface area (Å²) in [6.45, 7) is 2.76. The molecule has 0 heterocycles. The van der Waals surface area contributed by atoms with Gasteiger partial charge in [0.1, 0.15) is 0 Å². The van der Waals surface area contributed by atoms with Crippen LogP contribution in [0.1, 0.15) is 41.6 Å². The van der Waals surface area contributed by atoms with Gasteiger partial charge >= 0.3 is 0 Å². The predicted octanol–water partition coefficient (Wildman–Crippen LogP) is 3.77. The van der Waals surface area contributed by atoms with E-state index in [1.54, 1.807) is 0 Å². The second-order valence-electron chi connectivity index (χ2n) is 5.54. The zero-order valence-corrected chi connectivity index (χ0v) is 12.2. The van der Waals surface area contributed by atoms with Gasteiger partial charge in [0.15, 0.2) is 0 Å². The van der Waals surface area contributed by atoms with Crippen LogP contribution in [0.25, 0.3) is 0 Å². The van der Waals surface area contributed by atoms with Crippen molar-refractivity contribution in [3.05, 3.63) is 35.4 Å². The number of benzene rings is 1. The van der Waals surface area contributed by atoms with E-state index in [9.17, 15) is 4.79 Å². The molecular formula is C16H22ClNO. The molecule has 1 aromatic carbocycles. The fraction of sp³-hybridized carbons (Fsp3) is 0.562. The van der Waals surface area contributed by atoms with Crippen molar-refractivity contribution in [3.8, 4) is 0 Å². The van der Waals surface area contributed by atoms with Gasteiger partial charge in [0, 0.05) is 18.0 Å². The summed E-state index contributed by atoms with van der Waals surface area (Å²) in [5.41, 5.74) is 1.86. The molecule has 0 spiro atoms. The molecule has 2 unspecified atom stereocenters. The molecule has 0 bridgehead atoms. The highest BCUT2D eigenvalue weighted by atomic mass is 35.5.